The molecular weight excluding hydrogens is 386 g/mol. The van der Waals surface area contributed by atoms with Gasteiger partial charge >= 0.3 is 0 Å². The molecular formula is C26H31N3O2. The predicted molar refractivity (Wildman–Crippen MR) is 122 cm³/mol. The Labute approximate surface area is 183 Å². The van der Waals surface area contributed by atoms with E-state index in [4.69, 9.17) is 0 Å². The fourth-order valence-electron chi connectivity index (χ4n) is 4.56. The number of hydrogen-bond acceptors (Lipinski definition) is 3. The quantitative estimate of drug-likeness (QED) is 0.517. The first-order valence-electron chi connectivity index (χ1n) is 11.2. The van der Waals surface area contributed by atoms with E-state index in [9.17, 15) is 9.90 Å². The van der Waals surface area contributed by atoms with Crippen LogP contribution < -0.4 is 5.32 Å². The first kappa shape index (κ1) is 21.3. The molecule has 1 unspecified atom stereocenters. The van der Waals surface area contributed by atoms with E-state index < -0.39 is 5.60 Å². The van der Waals surface area contributed by atoms with E-state index in [2.05, 4.69) is 27.4 Å². The maximum atomic E-state index is 13.2. The van der Waals surface area contributed by atoms with Crippen LogP contribution in [0.1, 0.15) is 53.9 Å². The van der Waals surface area contributed by atoms with Gasteiger partial charge in [-0.1, -0.05) is 73.0 Å². The number of aromatic amines is 1. The number of amides is 1. The lowest BCUT2D eigenvalue weighted by atomic mass is 9.79. The second kappa shape index (κ2) is 9.48. The number of carbonyl (C=O) groups excluding carboxylic acids is 1. The van der Waals surface area contributed by atoms with Crippen LogP contribution in [0.5, 0.6) is 0 Å². The number of carbonyl (C=O) groups is 1. The number of aromatic nitrogens is 2. The fraction of sp³-hybridized carbons (Fsp3) is 0.385. The Morgan fingerprint density at radius 2 is 1.84 bits per heavy atom. The number of rotatable bonds is 8. The van der Waals surface area contributed by atoms with Gasteiger partial charge in [-0.3, -0.25) is 4.79 Å². The maximum absolute atomic E-state index is 13.2. The molecule has 3 aromatic rings. The number of benzene rings is 2. The van der Waals surface area contributed by atoms with E-state index in [0.717, 1.165) is 49.2 Å². The number of H-pyrrole nitrogens is 1. The third-order valence-electron chi connectivity index (χ3n) is 6.36. The minimum absolute atomic E-state index is 0.0418. The summed E-state index contributed by atoms with van der Waals surface area (Å²) >= 11 is 0. The number of aliphatic hydroxyl groups is 1. The number of nitrogens with zero attached hydrogens (tertiary/aromatic N) is 1. The van der Waals surface area contributed by atoms with Crippen molar-refractivity contribution in [1.82, 2.24) is 15.3 Å². The van der Waals surface area contributed by atoms with Crippen molar-refractivity contribution < 1.29 is 9.90 Å². The lowest BCUT2D eigenvalue weighted by Crippen LogP contribution is -2.49. The van der Waals surface area contributed by atoms with E-state index >= 15 is 0 Å². The number of nitrogens with one attached hydrogen (secondary N) is 2. The largest absolute Gasteiger partial charge is 0.375 e. The average molecular weight is 418 g/mol. The Morgan fingerprint density at radius 3 is 2.55 bits per heavy atom. The SMILES string of the molecule is Cc1ccc(C(O)(C(=O)NCCc2cnc(Cc3ccccc3)[nH]2)C2CCCC2)cc1. The lowest BCUT2D eigenvalue weighted by Gasteiger charge is -2.33. The topological polar surface area (TPSA) is 78.0 Å². The zero-order chi connectivity index (χ0) is 21.7. The van der Waals surface area contributed by atoms with Gasteiger partial charge in [-0.15, -0.1) is 0 Å². The molecule has 31 heavy (non-hydrogen) atoms. The van der Waals surface area contributed by atoms with Crippen molar-refractivity contribution in [2.24, 2.45) is 5.92 Å². The summed E-state index contributed by atoms with van der Waals surface area (Å²) in [5.74, 6) is 0.571. The summed E-state index contributed by atoms with van der Waals surface area (Å²) < 4.78 is 0. The maximum Gasteiger partial charge on any atom is 0.256 e. The van der Waals surface area contributed by atoms with Crippen LogP contribution in [0.15, 0.2) is 60.8 Å². The molecule has 0 spiro atoms. The van der Waals surface area contributed by atoms with E-state index in [1.807, 2.05) is 55.6 Å². The molecule has 1 amide bonds. The van der Waals surface area contributed by atoms with Crippen LogP contribution in [0.4, 0.5) is 0 Å². The highest BCUT2D eigenvalue weighted by Crippen LogP contribution is 2.40. The monoisotopic (exact) mass is 417 g/mol. The molecule has 0 aliphatic heterocycles. The number of hydrogen-bond donors (Lipinski definition) is 3. The van der Waals surface area contributed by atoms with E-state index in [-0.39, 0.29) is 11.8 Å². The molecule has 1 aliphatic rings. The molecule has 5 heteroatoms. The van der Waals surface area contributed by atoms with Crippen LogP contribution in [0.3, 0.4) is 0 Å². The first-order chi connectivity index (χ1) is 15.1. The smallest absolute Gasteiger partial charge is 0.256 e. The van der Waals surface area contributed by atoms with E-state index in [0.29, 0.717) is 18.5 Å². The molecule has 4 rings (SSSR count). The second-order valence-corrected chi connectivity index (χ2v) is 8.64. The molecule has 1 aromatic heterocycles. The lowest BCUT2D eigenvalue weighted by molar-refractivity contribution is -0.147. The van der Waals surface area contributed by atoms with Gasteiger partial charge in [-0.2, -0.15) is 0 Å². The predicted octanol–water partition coefficient (Wildman–Crippen LogP) is 4.05. The van der Waals surface area contributed by atoms with Gasteiger partial charge in [0, 0.05) is 37.2 Å². The van der Waals surface area contributed by atoms with Gasteiger partial charge in [0.25, 0.3) is 5.91 Å². The minimum Gasteiger partial charge on any atom is -0.375 e. The molecule has 162 valence electrons. The highest BCUT2D eigenvalue weighted by Gasteiger charge is 2.46. The molecule has 1 saturated carbocycles. The molecule has 0 radical (unpaired) electrons. The molecule has 1 aliphatic carbocycles. The third kappa shape index (κ3) is 4.88. The van der Waals surface area contributed by atoms with Crippen LogP contribution in [-0.2, 0) is 23.2 Å². The van der Waals surface area contributed by atoms with Gasteiger partial charge < -0.3 is 15.4 Å². The number of imidazole rings is 1. The summed E-state index contributed by atoms with van der Waals surface area (Å²) in [6.45, 7) is 2.46. The summed E-state index contributed by atoms with van der Waals surface area (Å²) in [7, 11) is 0. The van der Waals surface area contributed by atoms with Crippen molar-refractivity contribution >= 4 is 5.91 Å². The van der Waals surface area contributed by atoms with Gasteiger partial charge in [0.15, 0.2) is 5.60 Å². The zero-order valence-corrected chi connectivity index (χ0v) is 18.1. The minimum atomic E-state index is -1.48. The van der Waals surface area contributed by atoms with Crippen molar-refractivity contribution in [2.75, 3.05) is 6.54 Å². The molecule has 1 heterocycles. The fourth-order valence-corrected chi connectivity index (χ4v) is 4.56. The molecule has 0 bridgehead atoms. The van der Waals surface area contributed by atoms with Gasteiger partial charge in [-0.25, -0.2) is 4.98 Å². The van der Waals surface area contributed by atoms with Crippen LogP contribution in [0.2, 0.25) is 0 Å². The van der Waals surface area contributed by atoms with Crippen molar-refractivity contribution in [1.29, 1.82) is 0 Å². The molecule has 1 fully saturated rings. The van der Waals surface area contributed by atoms with E-state index in [1.54, 1.807) is 0 Å². The van der Waals surface area contributed by atoms with Crippen molar-refractivity contribution in [2.45, 2.75) is 51.0 Å². The highest BCUT2D eigenvalue weighted by molar-refractivity contribution is 5.86. The molecule has 0 saturated heterocycles. The Bertz CT molecular complexity index is 991. The van der Waals surface area contributed by atoms with Crippen LogP contribution in [-0.4, -0.2) is 27.5 Å². The molecule has 3 N–H and O–H groups in total. The van der Waals surface area contributed by atoms with Gasteiger partial charge in [0.05, 0.1) is 0 Å². The van der Waals surface area contributed by atoms with Crippen molar-refractivity contribution in [3.05, 3.63) is 89.0 Å². The Kier molecular flexibility index (Phi) is 6.52. The van der Waals surface area contributed by atoms with Crippen molar-refractivity contribution in [3.63, 3.8) is 0 Å². The summed E-state index contributed by atoms with van der Waals surface area (Å²) in [5, 5.41) is 14.6. The zero-order valence-electron chi connectivity index (χ0n) is 18.1. The normalized spacial score (nSPS) is 16.2. The second-order valence-electron chi connectivity index (χ2n) is 8.64. The Morgan fingerprint density at radius 1 is 1.13 bits per heavy atom. The van der Waals surface area contributed by atoms with Gasteiger partial charge in [-0.05, 0) is 30.9 Å². The highest BCUT2D eigenvalue weighted by atomic mass is 16.3. The standard InChI is InChI=1S/C26H31N3O2/c1-19-11-13-22(14-12-19)26(31,21-9-5-6-10-21)25(30)27-16-15-23-18-28-24(29-23)17-20-7-3-2-4-8-20/h2-4,7-8,11-14,18,21,31H,5-6,9-10,15-17H2,1H3,(H,27,30)(H,28,29). The van der Waals surface area contributed by atoms with Gasteiger partial charge in [0.1, 0.15) is 5.82 Å². The molecule has 2 aromatic carbocycles. The van der Waals surface area contributed by atoms with E-state index in [1.165, 1.54) is 5.56 Å². The molecule has 1 atom stereocenters. The summed E-state index contributed by atoms with van der Waals surface area (Å²) in [6, 6.07) is 17.9. The Hall–Kier alpha value is -2.92. The summed E-state index contributed by atoms with van der Waals surface area (Å²) in [6.07, 6.45) is 7.09. The van der Waals surface area contributed by atoms with Crippen LogP contribution in [0, 0.1) is 12.8 Å². The number of aryl methyl sites for hydroxylation is 1. The summed E-state index contributed by atoms with van der Waals surface area (Å²) in [4.78, 5) is 21.0. The van der Waals surface area contributed by atoms with Crippen LogP contribution >= 0.6 is 0 Å². The first-order valence-corrected chi connectivity index (χ1v) is 11.2. The Balaban J connectivity index is 1.39. The average Bonchev–Trinajstić information content (AvgIpc) is 3.47. The van der Waals surface area contributed by atoms with Crippen molar-refractivity contribution in [3.8, 4) is 0 Å². The van der Waals surface area contributed by atoms with Crippen LogP contribution in [0.25, 0.3) is 0 Å². The summed E-state index contributed by atoms with van der Waals surface area (Å²) in [5.41, 5.74) is 2.51. The van der Waals surface area contributed by atoms with Gasteiger partial charge in [0.2, 0.25) is 0 Å². The third-order valence-corrected chi connectivity index (χ3v) is 6.36. The molecule has 5 nitrogen and oxygen atoms in total.